The summed E-state index contributed by atoms with van der Waals surface area (Å²) in [6.45, 7) is 4.45. The Hall–Kier alpha value is -2.61. The molecule has 1 aromatic heterocycles. The Morgan fingerprint density at radius 3 is 2.72 bits per heavy atom. The summed E-state index contributed by atoms with van der Waals surface area (Å²) in [6.07, 6.45) is 0.192. The molecule has 2 N–H and O–H groups in total. The molecular formula is C17H18N2O5S. The summed E-state index contributed by atoms with van der Waals surface area (Å²) in [5, 5.41) is 12.5. The molecule has 0 spiro atoms. The Balaban J connectivity index is 1.64. The topological polar surface area (TPSA) is 97.8 Å². The number of aromatic nitrogens is 1. The van der Waals surface area contributed by atoms with Crippen molar-refractivity contribution in [1.29, 1.82) is 0 Å². The van der Waals surface area contributed by atoms with E-state index < -0.39 is 5.97 Å². The quantitative estimate of drug-likeness (QED) is 0.847. The van der Waals surface area contributed by atoms with Crippen LogP contribution in [0.2, 0.25) is 0 Å². The zero-order valence-corrected chi connectivity index (χ0v) is 14.7. The number of hydrogen-bond acceptors (Lipinski definition) is 6. The van der Waals surface area contributed by atoms with Gasteiger partial charge in [0.25, 0.3) is 0 Å². The third-order valence-electron chi connectivity index (χ3n) is 3.73. The largest absolute Gasteiger partial charge is 0.486 e. The van der Waals surface area contributed by atoms with E-state index in [9.17, 15) is 9.59 Å². The molecule has 1 aliphatic heterocycles. The van der Waals surface area contributed by atoms with Gasteiger partial charge in [-0.1, -0.05) is 6.07 Å². The van der Waals surface area contributed by atoms with E-state index in [-0.39, 0.29) is 23.2 Å². The highest BCUT2D eigenvalue weighted by Gasteiger charge is 2.20. The first-order valence-corrected chi connectivity index (χ1v) is 8.64. The summed E-state index contributed by atoms with van der Waals surface area (Å²) in [6, 6.07) is 5.06. The molecule has 0 fully saturated rings. The third-order valence-corrected chi connectivity index (χ3v) is 5.05. The van der Waals surface area contributed by atoms with E-state index in [1.54, 1.807) is 26.0 Å². The van der Waals surface area contributed by atoms with Gasteiger partial charge in [0.2, 0.25) is 5.91 Å². The number of carbonyl (C=O) groups is 2. The van der Waals surface area contributed by atoms with Gasteiger partial charge in [0.05, 0.1) is 18.2 Å². The van der Waals surface area contributed by atoms with Gasteiger partial charge in [0, 0.05) is 0 Å². The van der Waals surface area contributed by atoms with Gasteiger partial charge in [0.15, 0.2) is 11.5 Å². The van der Waals surface area contributed by atoms with Crippen LogP contribution in [0.15, 0.2) is 18.2 Å². The van der Waals surface area contributed by atoms with Crippen molar-refractivity contribution in [2.75, 3.05) is 13.2 Å². The molecule has 1 aromatic carbocycles. The van der Waals surface area contributed by atoms with Gasteiger partial charge in [-0.25, -0.2) is 9.78 Å². The van der Waals surface area contributed by atoms with E-state index in [1.807, 2.05) is 6.07 Å². The molecule has 0 radical (unpaired) electrons. The molecule has 0 saturated heterocycles. The fourth-order valence-electron chi connectivity index (χ4n) is 2.54. The number of nitrogens with zero attached hydrogens (tertiary/aromatic N) is 1. The molecule has 7 nitrogen and oxygen atoms in total. The van der Waals surface area contributed by atoms with E-state index in [1.165, 1.54) is 0 Å². The molecule has 1 unspecified atom stereocenters. The minimum Gasteiger partial charge on any atom is -0.486 e. The maximum absolute atomic E-state index is 12.3. The molecule has 25 heavy (non-hydrogen) atoms. The standard InChI is InChI=1S/C17H18N2O5S/c1-9-15(17(21)22)25-16(19-9)10(2)18-14(20)8-11-3-4-12-13(7-11)24-6-5-23-12/h3-4,7,10H,5-6,8H2,1-2H3,(H,18,20)(H,21,22). The zero-order chi connectivity index (χ0) is 18.0. The van der Waals surface area contributed by atoms with Gasteiger partial charge in [0.1, 0.15) is 23.1 Å². The number of aromatic carboxylic acids is 1. The molecule has 0 saturated carbocycles. The van der Waals surface area contributed by atoms with E-state index in [2.05, 4.69) is 10.3 Å². The number of nitrogens with one attached hydrogen (secondary N) is 1. The Morgan fingerprint density at radius 2 is 2.04 bits per heavy atom. The second-order valence-corrected chi connectivity index (χ2v) is 6.75. The lowest BCUT2D eigenvalue weighted by Gasteiger charge is -2.19. The van der Waals surface area contributed by atoms with E-state index in [0.717, 1.165) is 16.9 Å². The summed E-state index contributed by atoms with van der Waals surface area (Å²) in [5.41, 5.74) is 1.27. The molecule has 1 amide bonds. The van der Waals surface area contributed by atoms with Crippen LogP contribution in [-0.2, 0) is 11.2 Å². The van der Waals surface area contributed by atoms with Gasteiger partial charge in [-0.15, -0.1) is 11.3 Å². The van der Waals surface area contributed by atoms with Gasteiger partial charge in [-0.05, 0) is 31.5 Å². The first-order chi connectivity index (χ1) is 11.9. The van der Waals surface area contributed by atoms with Crippen LogP contribution in [-0.4, -0.2) is 35.2 Å². The average Bonchev–Trinajstić information content (AvgIpc) is 2.97. The number of benzene rings is 1. The maximum atomic E-state index is 12.3. The number of amides is 1. The van der Waals surface area contributed by atoms with Gasteiger partial charge in [-0.2, -0.15) is 0 Å². The molecule has 2 aromatic rings. The van der Waals surface area contributed by atoms with Gasteiger partial charge in [-0.3, -0.25) is 4.79 Å². The lowest BCUT2D eigenvalue weighted by molar-refractivity contribution is -0.121. The van der Waals surface area contributed by atoms with Crippen molar-refractivity contribution in [3.63, 3.8) is 0 Å². The number of carboxylic acids is 1. The molecule has 0 aliphatic carbocycles. The normalized spacial score (nSPS) is 14.0. The highest BCUT2D eigenvalue weighted by molar-refractivity contribution is 7.13. The van der Waals surface area contributed by atoms with Crippen molar-refractivity contribution >= 4 is 23.2 Å². The molecular weight excluding hydrogens is 344 g/mol. The SMILES string of the molecule is Cc1nc(C(C)NC(=O)Cc2ccc3c(c2)OCCO3)sc1C(=O)O. The van der Waals surface area contributed by atoms with Crippen LogP contribution in [0.1, 0.15) is 38.9 Å². The molecule has 2 heterocycles. The number of carbonyl (C=O) groups excluding carboxylic acids is 1. The Kier molecular flexibility index (Phi) is 4.89. The highest BCUT2D eigenvalue weighted by atomic mass is 32.1. The minimum atomic E-state index is -1.00. The number of ether oxygens (including phenoxy) is 2. The van der Waals surface area contributed by atoms with Crippen molar-refractivity contribution in [1.82, 2.24) is 10.3 Å². The van der Waals surface area contributed by atoms with Gasteiger partial charge < -0.3 is 19.9 Å². The number of rotatable bonds is 5. The number of aryl methyl sites for hydroxylation is 1. The van der Waals surface area contributed by atoms with Crippen LogP contribution < -0.4 is 14.8 Å². The molecule has 3 rings (SSSR count). The summed E-state index contributed by atoms with van der Waals surface area (Å²) < 4.78 is 11.0. The van der Waals surface area contributed by atoms with Crippen LogP contribution in [0.4, 0.5) is 0 Å². The van der Waals surface area contributed by atoms with Crippen molar-refractivity contribution in [3.05, 3.63) is 39.3 Å². The van der Waals surface area contributed by atoms with Crippen molar-refractivity contribution in [2.24, 2.45) is 0 Å². The number of thiazole rings is 1. The van der Waals surface area contributed by atoms with Crippen LogP contribution in [0, 0.1) is 6.92 Å². The molecule has 1 atom stereocenters. The van der Waals surface area contributed by atoms with Crippen LogP contribution >= 0.6 is 11.3 Å². The molecule has 1 aliphatic rings. The van der Waals surface area contributed by atoms with E-state index >= 15 is 0 Å². The Morgan fingerprint density at radius 1 is 1.32 bits per heavy atom. The number of carboxylic acid groups (broad SMARTS) is 1. The van der Waals surface area contributed by atoms with Crippen LogP contribution in [0.25, 0.3) is 0 Å². The summed E-state index contributed by atoms with van der Waals surface area (Å²) in [5.74, 6) is 0.152. The van der Waals surface area contributed by atoms with Crippen molar-refractivity contribution in [2.45, 2.75) is 26.3 Å². The van der Waals surface area contributed by atoms with Crippen molar-refractivity contribution in [3.8, 4) is 11.5 Å². The van der Waals surface area contributed by atoms with E-state index in [0.29, 0.717) is 35.4 Å². The summed E-state index contributed by atoms with van der Waals surface area (Å²) in [4.78, 5) is 27.8. The number of hydrogen-bond donors (Lipinski definition) is 2. The smallest absolute Gasteiger partial charge is 0.347 e. The predicted octanol–water partition coefficient (Wildman–Crippen LogP) is 2.34. The van der Waals surface area contributed by atoms with Gasteiger partial charge >= 0.3 is 5.97 Å². The summed E-state index contributed by atoms with van der Waals surface area (Å²) >= 11 is 1.08. The molecule has 8 heteroatoms. The third kappa shape index (κ3) is 3.90. The monoisotopic (exact) mass is 362 g/mol. The highest BCUT2D eigenvalue weighted by Crippen LogP contribution is 2.31. The number of fused-ring (bicyclic) bond motifs is 1. The zero-order valence-electron chi connectivity index (χ0n) is 13.9. The second kappa shape index (κ2) is 7.10. The Labute approximate surface area is 148 Å². The first-order valence-electron chi connectivity index (χ1n) is 7.82. The summed E-state index contributed by atoms with van der Waals surface area (Å²) in [7, 11) is 0. The maximum Gasteiger partial charge on any atom is 0.347 e. The Bertz CT molecular complexity index is 817. The second-order valence-electron chi connectivity index (χ2n) is 5.72. The van der Waals surface area contributed by atoms with Crippen molar-refractivity contribution < 1.29 is 24.2 Å². The first kappa shape index (κ1) is 17.2. The predicted molar refractivity (Wildman–Crippen MR) is 91.5 cm³/mol. The van der Waals surface area contributed by atoms with E-state index in [4.69, 9.17) is 14.6 Å². The average molecular weight is 362 g/mol. The molecule has 132 valence electrons. The van der Waals surface area contributed by atoms with Crippen LogP contribution in [0.3, 0.4) is 0 Å². The lowest BCUT2D eigenvalue weighted by atomic mass is 10.1. The van der Waals surface area contributed by atoms with Crippen LogP contribution in [0.5, 0.6) is 11.5 Å². The molecule has 0 bridgehead atoms. The minimum absolute atomic E-state index is 0.172. The fraction of sp³-hybridized carbons (Fsp3) is 0.353. The fourth-order valence-corrected chi connectivity index (χ4v) is 3.45. The lowest BCUT2D eigenvalue weighted by Crippen LogP contribution is -2.28.